The van der Waals surface area contributed by atoms with E-state index in [1.54, 1.807) is 13.0 Å². The van der Waals surface area contributed by atoms with Crippen LogP contribution in [-0.2, 0) is 9.53 Å². The molecule has 0 rings (SSSR count). The molecule has 0 aromatic carbocycles. The Kier molecular flexibility index (Phi) is 14.2. The Bertz CT molecular complexity index is 318. The van der Waals surface area contributed by atoms with E-state index in [1.165, 1.54) is 51.4 Å². The first-order valence-electron chi connectivity index (χ1n) is 8.49. The van der Waals surface area contributed by atoms with E-state index in [1.807, 2.05) is 12.1 Å². The Hall–Kier alpha value is -1.30. The van der Waals surface area contributed by atoms with Gasteiger partial charge in [-0.1, -0.05) is 70.4 Å². The third-order valence-electron chi connectivity index (χ3n) is 3.48. The lowest BCUT2D eigenvalue weighted by atomic mass is 10.1. The highest BCUT2D eigenvalue weighted by molar-refractivity contribution is 5.77. The fourth-order valence-corrected chi connectivity index (χ4v) is 2.21. The van der Waals surface area contributed by atoms with Crippen molar-refractivity contribution < 1.29 is 9.53 Å². The average molecular weight is 293 g/mol. The van der Waals surface area contributed by atoms with Crippen molar-refractivity contribution in [3.63, 3.8) is 0 Å². The standard InChI is InChI=1S/C18H31NO2/c1-3-5-6-7-8-9-10-11-12-13-14-15-17(16-19)18(20)21-4-2/h14-15,17H,3-13H2,1-2H3/b15-14-. The molecule has 0 heterocycles. The van der Waals surface area contributed by atoms with E-state index in [4.69, 9.17) is 10.00 Å². The first-order chi connectivity index (χ1) is 10.3. The van der Waals surface area contributed by atoms with Gasteiger partial charge in [0.2, 0.25) is 0 Å². The van der Waals surface area contributed by atoms with E-state index in [9.17, 15) is 4.79 Å². The van der Waals surface area contributed by atoms with Gasteiger partial charge in [-0.05, 0) is 19.8 Å². The summed E-state index contributed by atoms with van der Waals surface area (Å²) >= 11 is 0. The lowest BCUT2D eigenvalue weighted by molar-refractivity contribution is -0.144. The molecule has 3 heteroatoms. The summed E-state index contributed by atoms with van der Waals surface area (Å²) in [7, 11) is 0. The van der Waals surface area contributed by atoms with Gasteiger partial charge in [-0.2, -0.15) is 5.26 Å². The molecule has 1 atom stereocenters. The molecule has 3 nitrogen and oxygen atoms in total. The van der Waals surface area contributed by atoms with E-state index in [-0.39, 0.29) is 0 Å². The minimum atomic E-state index is -0.747. The van der Waals surface area contributed by atoms with Crippen LogP contribution < -0.4 is 0 Å². The van der Waals surface area contributed by atoms with Crippen LogP contribution in [0.1, 0.15) is 78.1 Å². The number of carbonyl (C=O) groups is 1. The topological polar surface area (TPSA) is 50.1 Å². The van der Waals surface area contributed by atoms with Gasteiger partial charge in [0.05, 0.1) is 12.7 Å². The van der Waals surface area contributed by atoms with Crippen LogP contribution in [0.2, 0.25) is 0 Å². The maximum Gasteiger partial charge on any atom is 0.327 e. The molecule has 0 aromatic heterocycles. The van der Waals surface area contributed by atoms with E-state index in [0.717, 1.165) is 12.8 Å². The summed E-state index contributed by atoms with van der Waals surface area (Å²) in [6, 6.07) is 1.96. The van der Waals surface area contributed by atoms with Crippen molar-refractivity contribution in [2.24, 2.45) is 5.92 Å². The Balaban J connectivity index is 3.50. The molecular weight excluding hydrogens is 262 g/mol. The predicted octanol–water partition coefficient (Wildman–Crippen LogP) is 5.17. The molecule has 0 aliphatic heterocycles. The van der Waals surface area contributed by atoms with Gasteiger partial charge < -0.3 is 4.74 Å². The van der Waals surface area contributed by atoms with Crippen LogP contribution in [0.15, 0.2) is 12.2 Å². The molecule has 0 N–H and O–H groups in total. The summed E-state index contributed by atoms with van der Waals surface area (Å²) in [5.41, 5.74) is 0. The Morgan fingerprint density at radius 1 is 1.05 bits per heavy atom. The summed E-state index contributed by atoms with van der Waals surface area (Å²) in [5.74, 6) is -1.19. The van der Waals surface area contributed by atoms with Crippen LogP contribution in [0.5, 0.6) is 0 Å². The molecule has 1 unspecified atom stereocenters. The lowest BCUT2D eigenvalue weighted by Gasteiger charge is -2.03. The van der Waals surface area contributed by atoms with Gasteiger partial charge in [0.25, 0.3) is 0 Å². The summed E-state index contributed by atoms with van der Waals surface area (Å²) in [6.45, 7) is 4.31. The first kappa shape index (κ1) is 19.7. The molecule has 0 radical (unpaired) electrons. The predicted molar refractivity (Wildman–Crippen MR) is 86.7 cm³/mol. The molecule has 120 valence electrons. The van der Waals surface area contributed by atoms with E-state index in [0.29, 0.717) is 6.61 Å². The van der Waals surface area contributed by atoms with Gasteiger partial charge in [-0.15, -0.1) is 0 Å². The quantitative estimate of drug-likeness (QED) is 0.267. The van der Waals surface area contributed by atoms with Crippen LogP contribution in [-0.4, -0.2) is 12.6 Å². The van der Waals surface area contributed by atoms with Crippen molar-refractivity contribution in [3.8, 4) is 6.07 Å². The molecule has 0 bridgehead atoms. The van der Waals surface area contributed by atoms with E-state index >= 15 is 0 Å². The van der Waals surface area contributed by atoms with Gasteiger partial charge in [-0.25, -0.2) is 0 Å². The second-order valence-corrected chi connectivity index (χ2v) is 5.40. The smallest absolute Gasteiger partial charge is 0.327 e. The molecule has 0 aliphatic rings. The van der Waals surface area contributed by atoms with Crippen molar-refractivity contribution in [1.29, 1.82) is 5.26 Å². The van der Waals surface area contributed by atoms with Crippen LogP contribution in [0.4, 0.5) is 0 Å². The number of hydrogen-bond donors (Lipinski definition) is 0. The largest absolute Gasteiger partial charge is 0.465 e. The molecule has 0 fully saturated rings. The number of rotatable bonds is 13. The summed E-state index contributed by atoms with van der Waals surface area (Å²) in [6.07, 6.45) is 16.3. The molecule has 0 spiro atoms. The minimum absolute atomic E-state index is 0.323. The monoisotopic (exact) mass is 293 g/mol. The highest BCUT2D eigenvalue weighted by Crippen LogP contribution is 2.11. The molecule has 21 heavy (non-hydrogen) atoms. The Labute approximate surface area is 130 Å². The third-order valence-corrected chi connectivity index (χ3v) is 3.48. The zero-order valence-electron chi connectivity index (χ0n) is 13.8. The SMILES string of the molecule is CCCCCCCCCCC/C=C\C(C#N)C(=O)OCC. The number of hydrogen-bond acceptors (Lipinski definition) is 3. The van der Waals surface area contributed by atoms with Crippen LogP contribution in [0.25, 0.3) is 0 Å². The third kappa shape index (κ3) is 12.2. The number of nitrogens with zero attached hydrogens (tertiary/aromatic N) is 1. The summed E-state index contributed by atoms with van der Waals surface area (Å²) in [4.78, 5) is 11.4. The normalized spacial score (nSPS) is 12.2. The van der Waals surface area contributed by atoms with Crippen molar-refractivity contribution in [1.82, 2.24) is 0 Å². The number of ether oxygens (including phenoxy) is 1. The second kappa shape index (κ2) is 15.1. The number of carbonyl (C=O) groups excluding carboxylic acids is 1. The highest BCUT2D eigenvalue weighted by atomic mass is 16.5. The second-order valence-electron chi connectivity index (χ2n) is 5.40. The molecule has 0 aromatic rings. The van der Waals surface area contributed by atoms with Crippen LogP contribution >= 0.6 is 0 Å². The van der Waals surface area contributed by atoms with E-state index < -0.39 is 11.9 Å². The molecule has 0 saturated heterocycles. The first-order valence-corrected chi connectivity index (χ1v) is 8.49. The minimum Gasteiger partial charge on any atom is -0.465 e. The van der Waals surface area contributed by atoms with Crippen molar-refractivity contribution >= 4 is 5.97 Å². The Morgan fingerprint density at radius 2 is 1.62 bits per heavy atom. The average Bonchev–Trinajstić information content (AvgIpc) is 2.48. The molecular formula is C18H31NO2. The molecule has 0 aliphatic carbocycles. The zero-order chi connectivity index (χ0) is 15.8. The fraction of sp³-hybridized carbons (Fsp3) is 0.778. The van der Waals surface area contributed by atoms with Crippen LogP contribution in [0.3, 0.4) is 0 Å². The molecule has 0 amide bonds. The zero-order valence-corrected chi connectivity index (χ0v) is 13.8. The van der Waals surface area contributed by atoms with Crippen molar-refractivity contribution in [3.05, 3.63) is 12.2 Å². The van der Waals surface area contributed by atoms with E-state index in [2.05, 4.69) is 6.92 Å². The maximum atomic E-state index is 11.4. The van der Waals surface area contributed by atoms with Gasteiger partial charge in [0, 0.05) is 0 Å². The highest BCUT2D eigenvalue weighted by Gasteiger charge is 2.14. The summed E-state index contributed by atoms with van der Waals surface area (Å²) in [5, 5.41) is 8.88. The lowest BCUT2D eigenvalue weighted by Crippen LogP contribution is -2.13. The Morgan fingerprint density at radius 3 is 2.14 bits per heavy atom. The number of nitriles is 1. The number of esters is 1. The van der Waals surface area contributed by atoms with Gasteiger partial charge in [0.15, 0.2) is 5.92 Å². The summed E-state index contributed by atoms with van der Waals surface area (Å²) < 4.78 is 4.83. The fourth-order valence-electron chi connectivity index (χ4n) is 2.21. The van der Waals surface area contributed by atoms with Gasteiger partial charge in [0.1, 0.15) is 0 Å². The number of unbranched alkanes of at least 4 members (excludes halogenated alkanes) is 9. The van der Waals surface area contributed by atoms with Crippen LogP contribution in [0, 0.1) is 17.2 Å². The molecule has 0 saturated carbocycles. The van der Waals surface area contributed by atoms with Crippen molar-refractivity contribution in [2.45, 2.75) is 78.1 Å². The van der Waals surface area contributed by atoms with Gasteiger partial charge >= 0.3 is 5.97 Å². The van der Waals surface area contributed by atoms with Crippen molar-refractivity contribution in [2.75, 3.05) is 6.61 Å². The van der Waals surface area contributed by atoms with Gasteiger partial charge in [-0.3, -0.25) is 4.79 Å². The maximum absolute atomic E-state index is 11.4. The number of allylic oxidation sites excluding steroid dienone is 1.